The number of hydrazone groups is 1. The molecule has 0 saturated carbocycles. The van der Waals surface area contributed by atoms with Gasteiger partial charge < -0.3 is 20.0 Å². The lowest BCUT2D eigenvalue weighted by Gasteiger charge is -2.03. The quantitative estimate of drug-likeness (QED) is 0.335. The van der Waals surface area contributed by atoms with E-state index in [0.717, 1.165) is 16.8 Å². The third-order valence-corrected chi connectivity index (χ3v) is 4.76. The summed E-state index contributed by atoms with van der Waals surface area (Å²) in [6, 6.07) is 16.2. The average molecular weight is 416 g/mol. The van der Waals surface area contributed by atoms with Crippen LogP contribution in [0.15, 0.2) is 64.1 Å². The number of rotatable bonds is 5. The lowest BCUT2D eigenvalue weighted by atomic mass is 10.1. The largest absolute Gasteiger partial charge is 0.504 e. The highest BCUT2D eigenvalue weighted by Crippen LogP contribution is 2.32. The van der Waals surface area contributed by atoms with Crippen LogP contribution in [0.2, 0.25) is 0 Å². The van der Waals surface area contributed by atoms with Crippen molar-refractivity contribution in [3.63, 3.8) is 0 Å². The van der Waals surface area contributed by atoms with E-state index in [-0.39, 0.29) is 22.9 Å². The number of pyridine rings is 1. The standard InChI is InChI=1S/C23H20N4O4/c1-13-10-16(15-6-4-3-5-7-15)26-23-19(13)20(24)21(31-23)22(29)27-25-12-14-8-9-17(28)18(11-14)30-2/h3-12,28H,24H2,1-2H3,(H,27,29)/b25-12-. The van der Waals surface area contributed by atoms with Crippen LogP contribution in [0.4, 0.5) is 5.69 Å². The highest BCUT2D eigenvalue weighted by Gasteiger charge is 2.21. The second-order valence-electron chi connectivity index (χ2n) is 6.85. The van der Waals surface area contributed by atoms with E-state index in [1.54, 1.807) is 12.1 Å². The predicted octanol–water partition coefficient (Wildman–Crippen LogP) is 3.86. The number of benzene rings is 2. The molecule has 0 saturated heterocycles. The minimum atomic E-state index is -0.599. The first-order chi connectivity index (χ1) is 15.0. The number of methoxy groups -OCH3 is 1. The molecule has 2 heterocycles. The molecular formula is C23H20N4O4. The first kappa shape index (κ1) is 20.0. The predicted molar refractivity (Wildman–Crippen MR) is 118 cm³/mol. The smallest absolute Gasteiger partial charge is 0.309 e. The molecule has 8 nitrogen and oxygen atoms in total. The summed E-state index contributed by atoms with van der Waals surface area (Å²) in [4.78, 5) is 17.1. The van der Waals surface area contributed by atoms with Crippen LogP contribution in [-0.2, 0) is 0 Å². The van der Waals surface area contributed by atoms with Crippen LogP contribution in [0, 0.1) is 6.92 Å². The summed E-state index contributed by atoms with van der Waals surface area (Å²) in [7, 11) is 1.45. The molecule has 2 aromatic heterocycles. The number of aryl methyl sites for hydroxylation is 1. The van der Waals surface area contributed by atoms with Crippen LogP contribution >= 0.6 is 0 Å². The van der Waals surface area contributed by atoms with E-state index in [0.29, 0.717) is 16.7 Å². The van der Waals surface area contributed by atoms with E-state index in [9.17, 15) is 9.90 Å². The highest BCUT2D eigenvalue weighted by atomic mass is 16.5. The summed E-state index contributed by atoms with van der Waals surface area (Å²) >= 11 is 0. The van der Waals surface area contributed by atoms with Gasteiger partial charge in [0.2, 0.25) is 11.5 Å². The number of nitrogens with two attached hydrogens (primary N) is 1. The van der Waals surface area contributed by atoms with Gasteiger partial charge in [0, 0.05) is 5.56 Å². The van der Waals surface area contributed by atoms with Crippen molar-refractivity contribution in [3.8, 4) is 22.8 Å². The van der Waals surface area contributed by atoms with Crippen LogP contribution in [0.3, 0.4) is 0 Å². The molecule has 0 aliphatic carbocycles. The number of carbonyl (C=O) groups is 1. The molecule has 8 heteroatoms. The number of phenolic OH excluding ortho intramolecular Hbond substituents is 1. The van der Waals surface area contributed by atoms with Crippen molar-refractivity contribution in [2.75, 3.05) is 12.8 Å². The molecule has 0 atom stereocenters. The third-order valence-electron chi connectivity index (χ3n) is 4.76. The Labute approximate surface area is 178 Å². The third kappa shape index (κ3) is 3.91. The number of hydrogen-bond acceptors (Lipinski definition) is 7. The number of anilines is 1. The van der Waals surface area contributed by atoms with Crippen molar-refractivity contribution < 1.29 is 19.1 Å². The van der Waals surface area contributed by atoms with Gasteiger partial charge in [-0.2, -0.15) is 5.10 Å². The molecule has 0 radical (unpaired) electrons. The minimum Gasteiger partial charge on any atom is -0.504 e. The van der Waals surface area contributed by atoms with Crippen LogP contribution in [-0.4, -0.2) is 29.3 Å². The van der Waals surface area contributed by atoms with Crippen molar-refractivity contribution in [2.45, 2.75) is 6.92 Å². The molecule has 156 valence electrons. The maximum atomic E-state index is 12.6. The molecule has 1 amide bonds. The first-order valence-corrected chi connectivity index (χ1v) is 9.43. The number of carbonyl (C=O) groups excluding carboxylic acids is 1. The zero-order chi connectivity index (χ0) is 22.0. The number of fused-ring (bicyclic) bond motifs is 1. The normalized spacial score (nSPS) is 11.2. The van der Waals surface area contributed by atoms with Crippen LogP contribution in [0.25, 0.3) is 22.4 Å². The van der Waals surface area contributed by atoms with Gasteiger partial charge in [0.15, 0.2) is 11.5 Å². The summed E-state index contributed by atoms with van der Waals surface area (Å²) in [5.41, 5.74) is 12.2. The molecule has 4 rings (SSSR count). The molecule has 4 aromatic rings. The number of nitrogens with zero attached hydrogens (tertiary/aromatic N) is 2. The Morgan fingerprint density at radius 2 is 2.00 bits per heavy atom. The molecular weight excluding hydrogens is 396 g/mol. The fourth-order valence-electron chi connectivity index (χ4n) is 3.23. The van der Waals surface area contributed by atoms with Crippen LogP contribution in [0.5, 0.6) is 11.5 Å². The summed E-state index contributed by atoms with van der Waals surface area (Å²) in [6.45, 7) is 1.89. The Bertz CT molecular complexity index is 1300. The number of hydrogen-bond donors (Lipinski definition) is 3. The van der Waals surface area contributed by atoms with Crippen LogP contribution in [0.1, 0.15) is 21.7 Å². The molecule has 2 aromatic carbocycles. The number of nitrogens with one attached hydrogen (secondary N) is 1. The van der Waals surface area contributed by atoms with Gasteiger partial charge in [0.05, 0.1) is 30.1 Å². The average Bonchev–Trinajstić information content (AvgIpc) is 3.12. The summed E-state index contributed by atoms with van der Waals surface area (Å²) in [5.74, 6) is -0.349. The van der Waals surface area contributed by atoms with E-state index < -0.39 is 5.91 Å². The van der Waals surface area contributed by atoms with Crippen molar-refractivity contribution in [1.82, 2.24) is 10.4 Å². The zero-order valence-corrected chi connectivity index (χ0v) is 16.9. The summed E-state index contributed by atoms with van der Waals surface area (Å²) in [5, 5.41) is 14.2. The molecule has 0 spiro atoms. The van der Waals surface area contributed by atoms with Crippen molar-refractivity contribution in [1.29, 1.82) is 0 Å². The SMILES string of the molecule is COc1cc(/C=N\NC(=O)c2oc3nc(-c4ccccc4)cc(C)c3c2N)ccc1O. The maximum absolute atomic E-state index is 12.6. The fraction of sp³-hybridized carbons (Fsp3) is 0.0870. The van der Waals surface area contributed by atoms with Gasteiger partial charge in [-0.1, -0.05) is 30.3 Å². The van der Waals surface area contributed by atoms with Gasteiger partial charge in [-0.25, -0.2) is 10.4 Å². The van der Waals surface area contributed by atoms with E-state index >= 15 is 0 Å². The number of nitrogen functional groups attached to an aromatic ring is 1. The number of aromatic hydroxyl groups is 1. The van der Waals surface area contributed by atoms with Gasteiger partial charge in [-0.15, -0.1) is 0 Å². The maximum Gasteiger partial charge on any atom is 0.309 e. The van der Waals surface area contributed by atoms with Crippen molar-refractivity contribution in [2.24, 2.45) is 5.10 Å². The van der Waals surface area contributed by atoms with Crippen molar-refractivity contribution >= 4 is 28.9 Å². The lowest BCUT2D eigenvalue weighted by Crippen LogP contribution is -2.18. The molecule has 0 aliphatic heterocycles. The van der Waals surface area contributed by atoms with Gasteiger partial charge in [0.1, 0.15) is 0 Å². The van der Waals surface area contributed by atoms with Gasteiger partial charge in [-0.3, -0.25) is 4.79 Å². The number of ether oxygens (including phenoxy) is 1. The number of aromatic nitrogens is 1. The Balaban J connectivity index is 1.59. The van der Waals surface area contributed by atoms with Gasteiger partial charge >= 0.3 is 5.91 Å². The molecule has 0 fully saturated rings. The van der Waals surface area contributed by atoms with E-state index in [1.165, 1.54) is 19.4 Å². The second kappa shape index (κ2) is 8.19. The molecule has 4 N–H and O–H groups in total. The minimum absolute atomic E-state index is 0.0106. The Morgan fingerprint density at radius 1 is 1.23 bits per heavy atom. The monoisotopic (exact) mass is 416 g/mol. The molecule has 0 unspecified atom stereocenters. The Morgan fingerprint density at radius 3 is 2.74 bits per heavy atom. The highest BCUT2D eigenvalue weighted by molar-refractivity contribution is 6.06. The van der Waals surface area contributed by atoms with Crippen LogP contribution < -0.4 is 15.9 Å². The summed E-state index contributed by atoms with van der Waals surface area (Å²) < 4.78 is 10.7. The number of phenols is 1. The van der Waals surface area contributed by atoms with E-state index in [1.807, 2.05) is 43.3 Å². The van der Waals surface area contributed by atoms with E-state index in [2.05, 4.69) is 15.5 Å². The Hall–Kier alpha value is -4.33. The second-order valence-corrected chi connectivity index (χ2v) is 6.85. The topological polar surface area (TPSA) is 123 Å². The summed E-state index contributed by atoms with van der Waals surface area (Å²) in [6.07, 6.45) is 1.41. The van der Waals surface area contributed by atoms with Gasteiger partial charge in [-0.05, 0) is 42.3 Å². The molecule has 0 bridgehead atoms. The van der Waals surface area contributed by atoms with E-state index in [4.69, 9.17) is 14.9 Å². The molecule has 31 heavy (non-hydrogen) atoms. The lowest BCUT2D eigenvalue weighted by molar-refractivity contribution is 0.0930. The fourth-order valence-corrected chi connectivity index (χ4v) is 3.23. The van der Waals surface area contributed by atoms with Crippen molar-refractivity contribution in [3.05, 3.63) is 71.5 Å². The number of furan rings is 1. The first-order valence-electron chi connectivity index (χ1n) is 9.43. The zero-order valence-electron chi connectivity index (χ0n) is 16.9. The molecule has 0 aliphatic rings. The number of amides is 1. The van der Waals surface area contributed by atoms with Gasteiger partial charge in [0.25, 0.3) is 0 Å². The Kier molecular flexibility index (Phi) is 5.28.